The minimum absolute atomic E-state index is 0.911. The van der Waals surface area contributed by atoms with Crippen molar-refractivity contribution >= 4 is 17.0 Å². The summed E-state index contributed by atoms with van der Waals surface area (Å²) in [6, 6.07) is 10.5. The predicted octanol–water partition coefficient (Wildman–Crippen LogP) is 3.67. The fourth-order valence-corrected chi connectivity index (χ4v) is 2.03. The van der Waals surface area contributed by atoms with E-state index in [9.17, 15) is 0 Å². The number of aryl methyl sites for hydroxylation is 1. The molecule has 0 saturated carbocycles. The number of anilines is 1. The van der Waals surface area contributed by atoms with Gasteiger partial charge in [0.1, 0.15) is 0 Å². The summed E-state index contributed by atoms with van der Waals surface area (Å²) in [4.78, 5) is 0. The van der Waals surface area contributed by atoms with E-state index < -0.39 is 0 Å². The molecule has 72 valence electrons. The average molecular weight is 203 g/mol. The molecule has 2 rings (SSSR count). The van der Waals surface area contributed by atoms with Crippen LogP contribution in [0.5, 0.6) is 0 Å². The molecular formula is C12H13NS. The highest BCUT2D eigenvalue weighted by Gasteiger charge is 1.96. The topological polar surface area (TPSA) is 12.0 Å². The fraction of sp³-hybridized carbons (Fsp3) is 0.167. The van der Waals surface area contributed by atoms with E-state index in [0.717, 1.165) is 6.54 Å². The van der Waals surface area contributed by atoms with Crippen molar-refractivity contribution in [2.75, 3.05) is 5.32 Å². The highest BCUT2D eigenvalue weighted by atomic mass is 32.1. The smallest absolute Gasteiger partial charge is 0.0409 e. The second-order valence-electron chi connectivity index (χ2n) is 3.30. The number of para-hydroxylation sites is 1. The van der Waals surface area contributed by atoms with Gasteiger partial charge in [-0.05, 0) is 40.9 Å². The Bertz CT molecular complexity index is 392. The van der Waals surface area contributed by atoms with E-state index in [1.54, 1.807) is 11.3 Å². The highest BCUT2D eigenvalue weighted by molar-refractivity contribution is 7.07. The Labute approximate surface area is 88.4 Å². The van der Waals surface area contributed by atoms with Gasteiger partial charge in [-0.2, -0.15) is 11.3 Å². The normalized spacial score (nSPS) is 10.1. The molecule has 0 atom stereocenters. The zero-order valence-electron chi connectivity index (χ0n) is 8.16. The Kier molecular flexibility index (Phi) is 2.84. The van der Waals surface area contributed by atoms with Gasteiger partial charge >= 0.3 is 0 Å². The molecule has 2 heteroatoms. The molecular weight excluding hydrogens is 190 g/mol. The van der Waals surface area contributed by atoms with Crippen molar-refractivity contribution in [2.45, 2.75) is 13.5 Å². The molecule has 0 aliphatic carbocycles. The average Bonchev–Trinajstić information content (AvgIpc) is 2.69. The summed E-state index contributed by atoms with van der Waals surface area (Å²) in [5, 5.41) is 7.70. The first kappa shape index (κ1) is 9.28. The predicted molar refractivity (Wildman–Crippen MR) is 62.8 cm³/mol. The molecule has 0 aliphatic rings. The largest absolute Gasteiger partial charge is 0.381 e. The lowest BCUT2D eigenvalue weighted by Crippen LogP contribution is -1.99. The van der Waals surface area contributed by atoms with Crippen LogP contribution in [0.3, 0.4) is 0 Å². The van der Waals surface area contributed by atoms with E-state index in [0.29, 0.717) is 0 Å². The van der Waals surface area contributed by atoms with Gasteiger partial charge in [0.05, 0.1) is 0 Å². The van der Waals surface area contributed by atoms with Crippen LogP contribution in [0.1, 0.15) is 11.1 Å². The number of benzene rings is 1. The van der Waals surface area contributed by atoms with Crippen molar-refractivity contribution in [1.29, 1.82) is 0 Å². The van der Waals surface area contributed by atoms with E-state index >= 15 is 0 Å². The van der Waals surface area contributed by atoms with Gasteiger partial charge in [-0.25, -0.2) is 0 Å². The Balaban J connectivity index is 2.02. The summed E-state index contributed by atoms with van der Waals surface area (Å²) in [6.45, 7) is 3.03. The molecule has 1 heterocycles. The summed E-state index contributed by atoms with van der Waals surface area (Å²) in [6.07, 6.45) is 0. The summed E-state index contributed by atoms with van der Waals surface area (Å²) in [5.74, 6) is 0. The van der Waals surface area contributed by atoms with Gasteiger partial charge in [0.25, 0.3) is 0 Å². The molecule has 14 heavy (non-hydrogen) atoms. The van der Waals surface area contributed by atoms with Crippen LogP contribution in [0.4, 0.5) is 5.69 Å². The van der Waals surface area contributed by atoms with Crippen molar-refractivity contribution < 1.29 is 0 Å². The molecule has 0 amide bonds. The molecule has 2 aromatic rings. The Morgan fingerprint density at radius 3 is 2.79 bits per heavy atom. The van der Waals surface area contributed by atoms with Gasteiger partial charge in [0.2, 0.25) is 0 Å². The molecule has 1 aromatic carbocycles. The van der Waals surface area contributed by atoms with Crippen LogP contribution in [0.15, 0.2) is 41.1 Å². The summed E-state index contributed by atoms with van der Waals surface area (Å²) >= 11 is 1.74. The van der Waals surface area contributed by atoms with Gasteiger partial charge in [-0.3, -0.25) is 0 Å². The quantitative estimate of drug-likeness (QED) is 0.802. The third-order valence-electron chi connectivity index (χ3n) is 2.21. The molecule has 1 aromatic heterocycles. The fourth-order valence-electron chi connectivity index (χ4n) is 1.36. The molecule has 0 saturated heterocycles. The molecule has 0 spiro atoms. The van der Waals surface area contributed by atoms with Crippen LogP contribution in [0, 0.1) is 6.92 Å². The zero-order chi connectivity index (χ0) is 9.80. The van der Waals surface area contributed by atoms with E-state index in [4.69, 9.17) is 0 Å². The second kappa shape index (κ2) is 4.29. The van der Waals surface area contributed by atoms with Crippen molar-refractivity contribution in [2.24, 2.45) is 0 Å². The van der Waals surface area contributed by atoms with Crippen LogP contribution < -0.4 is 5.32 Å². The lowest BCUT2D eigenvalue weighted by Gasteiger charge is -2.07. The lowest BCUT2D eigenvalue weighted by atomic mass is 10.2. The van der Waals surface area contributed by atoms with Crippen LogP contribution in [-0.2, 0) is 6.54 Å². The molecule has 1 nitrogen and oxygen atoms in total. The second-order valence-corrected chi connectivity index (χ2v) is 4.08. The maximum atomic E-state index is 3.42. The highest BCUT2D eigenvalue weighted by Crippen LogP contribution is 2.15. The third-order valence-corrected chi connectivity index (χ3v) is 2.94. The number of hydrogen-bond donors (Lipinski definition) is 1. The van der Waals surface area contributed by atoms with Crippen LogP contribution in [-0.4, -0.2) is 0 Å². The first-order valence-corrected chi connectivity index (χ1v) is 5.61. The van der Waals surface area contributed by atoms with Crippen molar-refractivity contribution in [1.82, 2.24) is 0 Å². The Hall–Kier alpha value is -1.28. The van der Waals surface area contributed by atoms with Crippen LogP contribution >= 0.6 is 11.3 Å². The van der Waals surface area contributed by atoms with Gasteiger partial charge in [0, 0.05) is 12.2 Å². The SMILES string of the molecule is Cc1ccccc1NCc1ccsc1. The monoisotopic (exact) mass is 203 g/mol. The molecule has 1 N–H and O–H groups in total. The standard InChI is InChI=1S/C12H13NS/c1-10-4-2-3-5-12(10)13-8-11-6-7-14-9-11/h2-7,9,13H,8H2,1H3. The first-order chi connectivity index (χ1) is 6.86. The molecule has 0 unspecified atom stereocenters. The number of rotatable bonds is 3. The minimum atomic E-state index is 0.911. The van der Waals surface area contributed by atoms with Gasteiger partial charge in [0.15, 0.2) is 0 Å². The number of thiophene rings is 1. The lowest BCUT2D eigenvalue weighted by molar-refractivity contribution is 1.15. The van der Waals surface area contributed by atoms with Gasteiger partial charge in [-0.1, -0.05) is 18.2 Å². The summed E-state index contributed by atoms with van der Waals surface area (Å²) in [5.41, 5.74) is 3.86. The van der Waals surface area contributed by atoms with Crippen molar-refractivity contribution in [3.05, 3.63) is 52.2 Å². The molecule has 0 fully saturated rings. The molecule has 0 bridgehead atoms. The van der Waals surface area contributed by atoms with Gasteiger partial charge in [-0.15, -0.1) is 0 Å². The third kappa shape index (κ3) is 2.15. The maximum Gasteiger partial charge on any atom is 0.0409 e. The summed E-state index contributed by atoms with van der Waals surface area (Å²) < 4.78 is 0. The maximum absolute atomic E-state index is 3.42. The molecule has 0 radical (unpaired) electrons. The Morgan fingerprint density at radius 2 is 2.07 bits per heavy atom. The van der Waals surface area contributed by atoms with Crippen molar-refractivity contribution in [3.8, 4) is 0 Å². The summed E-state index contributed by atoms with van der Waals surface area (Å²) in [7, 11) is 0. The number of hydrogen-bond acceptors (Lipinski definition) is 2. The van der Waals surface area contributed by atoms with E-state index in [-0.39, 0.29) is 0 Å². The molecule has 0 aliphatic heterocycles. The van der Waals surface area contributed by atoms with Gasteiger partial charge < -0.3 is 5.32 Å². The Morgan fingerprint density at radius 1 is 1.21 bits per heavy atom. The van der Waals surface area contributed by atoms with Crippen LogP contribution in [0.2, 0.25) is 0 Å². The van der Waals surface area contributed by atoms with E-state index in [1.165, 1.54) is 16.8 Å². The zero-order valence-corrected chi connectivity index (χ0v) is 8.97. The number of nitrogens with one attached hydrogen (secondary N) is 1. The first-order valence-electron chi connectivity index (χ1n) is 4.67. The van der Waals surface area contributed by atoms with E-state index in [2.05, 4.69) is 53.3 Å². The minimum Gasteiger partial charge on any atom is -0.381 e. The van der Waals surface area contributed by atoms with E-state index in [1.807, 2.05) is 0 Å². The van der Waals surface area contributed by atoms with Crippen molar-refractivity contribution in [3.63, 3.8) is 0 Å². The van der Waals surface area contributed by atoms with Crippen LogP contribution in [0.25, 0.3) is 0 Å².